The lowest BCUT2D eigenvalue weighted by Crippen LogP contribution is -2.09. The summed E-state index contributed by atoms with van der Waals surface area (Å²) < 4.78 is 0. The zero-order valence-corrected chi connectivity index (χ0v) is 25.7. The molecular formula is C44H31N3. The lowest BCUT2D eigenvalue weighted by Gasteiger charge is -2.26. The van der Waals surface area contributed by atoms with Gasteiger partial charge in [0.1, 0.15) is 0 Å². The standard InChI is InChI=1S/C44H31N3/c1-4-13-32(14-5-1)33-23-25-34(26-24-33)37-17-12-20-40(31-37)47(38-18-8-3-9-19-38)39-29-27-36(28-30-39)44-43(35-15-6-2-7-16-35)45-41-21-10-11-22-42(41)46-44/h1-31H. The van der Waals surface area contributed by atoms with Crippen molar-refractivity contribution in [3.63, 3.8) is 0 Å². The van der Waals surface area contributed by atoms with Gasteiger partial charge in [-0.25, -0.2) is 9.97 Å². The van der Waals surface area contributed by atoms with Crippen molar-refractivity contribution >= 4 is 28.1 Å². The van der Waals surface area contributed by atoms with Gasteiger partial charge in [0.05, 0.1) is 22.4 Å². The predicted molar refractivity (Wildman–Crippen MR) is 196 cm³/mol. The van der Waals surface area contributed by atoms with Crippen molar-refractivity contribution in [1.29, 1.82) is 0 Å². The predicted octanol–water partition coefficient (Wildman–Crippen LogP) is 11.8. The lowest BCUT2D eigenvalue weighted by atomic mass is 9.99. The molecule has 0 spiro atoms. The van der Waals surface area contributed by atoms with Crippen LogP contribution in [0.4, 0.5) is 17.1 Å². The van der Waals surface area contributed by atoms with Gasteiger partial charge in [0, 0.05) is 28.2 Å². The third kappa shape index (κ3) is 5.79. The zero-order chi connectivity index (χ0) is 31.4. The maximum absolute atomic E-state index is 5.11. The van der Waals surface area contributed by atoms with Gasteiger partial charge in [-0.2, -0.15) is 0 Å². The highest BCUT2D eigenvalue weighted by molar-refractivity contribution is 5.87. The topological polar surface area (TPSA) is 29.0 Å². The van der Waals surface area contributed by atoms with Gasteiger partial charge in [-0.05, 0) is 70.8 Å². The van der Waals surface area contributed by atoms with Crippen LogP contribution in [0.2, 0.25) is 0 Å². The number of aromatic nitrogens is 2. The van der Waals surface area contributed by atoms with E-state index in [4.69, 9.17) is 9.97 Å². The van der Waals surface area contributed by atoms with Gasteiger partial charge in [0.15, 0.2) is 0 Å². The molecule has 7 aromatic carbocycles. The maximum Gasteiger partial charge on any atom is 0.0973 e. The van der Waals surface area contributed by atoms with Crippen molar-refractivity contribution < 1.29 is 0 Å². The Morgan fingerprint density at radius 1 is 0.277 bits per heavy atom. The second kappa shape index (κ2) is 12.6. The largest absolute Gasteiger partial charge is 0.310 e. The maximum atomic E-state index is 5.11. The zero-order valence-electron chi connectivity index (χ0n) is 25.7. The molecule has 47 heavy (non-hydrogen) atoms. The molecule has 0 aliphatic carbocycles. The number of hydrogen-bond acceptors (Lipinski definition) is 3. The highest BCUT2D eigenvalue weighted by Gasteiger charge is 2.16. The van der Waals surface area contributed by atoms with E-state index in [0.29, 0.717) is 0 Å². The number of rotatable bonds is 7. The van der Waals surface area contributed by atoms with Gasteiger partial charge < -0.3 is 4.90 Å². The average molecular weight is 602 g/mol. The van der Waals surface area contributed by atoms with Crippen LogP contribution in [-0.2, 0) is 0 Å². The highest BCUT2D eigenvalue weighted by atomic mass is 15.1. The molecule has 8 aromatic rings. The molecule has 0 fully saturated rings. The quantitative estimate of drug-likeness (QED) is 0.182. The minimum Gasteiger partial charge on any atom is -0.310 e. The number of hydrogen-bond donors (Lipinski definition) is 0. The van der Waals surface area contributed by atoms with E-state index in [9.17, 15) is 0 Å². The minimum atomic E-state index is 0.869. The summed E-state index contributed by atoms with van der Waals surface area (Å²) in [5.74, 6) is 0. The molecule has 0 aliphatic heterocycles. The summed E-state index contributed by atoms with van der Waals surface area (Å²) in [5.41, 5.74) is 13.6. The molecule has 8 rings (SSSR count). The van der Waals surface area contributed by atoms with Crippen molar-refractivity contribution in [3.05, 3.63) is 188 Å². The van der Waals surface area contributed by atoms with Crippen molar-refractivity contribution in [2.45, 2.75) is 0 Å². The number of anilines is 3. The Hall–Kier alpha value is -6.32. The molecule has 222 valence electrons. The summed E-state index contributed by atoms with van der Waals surface area (Å²) >= 11 is 0. The van der Waals surface area contributed by atoms with Gasteiger partial charge in [0.25, 0.3) is 0 Å². The normalized spacial score (nSPS) is 11.0. The number of para-hydroxylation sites is 3. The monoisotopic (exact) mass is 601 g/mol. The fourth-order valence-electron chi connectivity index (χ4n) is 6.10. The molecule has 3 nitrogen and oxygen atoms in total. The van der Waals surface area contributed by atoms with E-state index < -0.39 is 0 Å². The van der Waals surface area contributed by atoms with Crippen LogP contribution in [0.5, 0.6) is 0 Å². The van der Waals surface area contributed by atoms with E-state index in [2.05, 4.69) is 150 Å². The molecule has 3 heteroatoms. The first-order valence-electron chi connectivity index (χ1n) is 15.8. The molecule has 0 saturated heterocycles. The number of benzene rings is 7. The fourth-order valence-corrected chi connectivity index (χ4v) is 6.10. The van der Waals surface area contributed by atoms with Crippen molar-refractivity contribution in [1.82, 2.24) is 9.97 Å². The van der Waals surface area contributed by atoms with Crippen LogP contribution in [0.15, 0.2) is 188 Å². The fraction of sp³-hybridized carbons (Fsp3) is 0. The van der Waals surface area contributed by atoms with Crippen LogP contribution in [0.1, 0.15) is 0 Å². The van der Waals surface area contributed by atoms with E-state index in [-0.39, 0.29) is 0 Å². The number of nitrogens with zero attached hydrogens (tertiary/aromatic N) is 3. The molecule has 0 N–H and O–H groups in total. The average Bonchev–Trinajstić information content (AvgIpc) is 3.16. The SMILES string of the molecule is c1ccc(-c2ccc(-c3cccc(N(c4ccccc4)c4ccc(-c5nc6ccccc6nc5-c5ccccc5)cc4)c3)cc2)cc1. The molecule has 0 bridgehead atoms. The first-order valence-corrected chi connectivity index (χ1v) is 15.8. The second-order valence-electron chi connectivity index (χ2n) is 11.5. The molecule has 0 radical (unpaired) electrons. The highest BCUT2D eigenvalue weighted by Crippen LogP contribution is 2.38. The lowest BCUT2D eigenvalue weighted by molar-refractivity contribution is 1.27. The van der Waals surface area contributed by atoms with E-state index >= 15 is 0 Å². The van der Waals surface area contributed by atoms with Gasteiger partial charge in [-0.1, -0.05) is 140 Å². The van der Waals surface area contributed by atoms with E-state index in [1.54, 1.807) is 0 Å². The van der Waals surface area contributed by atoms with E-state index in [1.165, 1.54) is 22.3 Å². The Labute approximate surface area is 275 Å². The van der Waals surface area contributed by atoms with Crippen LogP contribution in [0.25, 0.3) is 55.8 Å². The first kappa shape index (κ1) is 28.2. The molecule has 1 aromatic heterocycles. The smallest absolute Gasteiger partial charge is 0.0973 e. The summed E-state index contributed by atoms with van der Waals surface area (Å²) in [5, 5.41) is 0. The molecule has 0 saturated carbocycles. The summed E-state index contributed by atoms with van der Waals surface area (Å²) in [6, 6.07) is 65.6. The molecular weight excluding hydrogens is 571 g/mol. The molecule has 0 atom stereocenters. The van der Waals surface area contributed by atoms with E-state index in [0.717, 1.165) is 50.6 Å². The first-order chi connectivity index (χ1) is 23.3. The number of fused-ring (bicyclic) bond motifs is 1. The molecule has 0 unspecified atom stereocenters. The van der Waals surface area contributed by atoms with Gasteiger partial charge in [-0.15, -0.1) is 0 Å². The molecule has 1 heterocycles. The molecule has 0 amide bonds. The van der Waals surface area contributed by atoms with Gasteiger partial charge in [0.2, 0.25) is 0 Å². The third-order valence-corrected chi connectivity index (χ3v) is 8.46. The third-order valence-electron chi connectivity index (χ3n) is 8.46. The van der Waals surface area contributed by atoms with Crippen molar-refractivity contribution in [2.75, 3.05) is 4.90 Å². The van der Waals surface area contributed by atoms with Crippen molar-refractivity contribution in [2.24, 2.45) is 0 Å². The Kier molecular flexibility index (Phi) is 7.54. The van der Waals surface area contributed by atoms with Gasteiger partial charge >= 0.3 is 0 Å². The Bertz CT molecular complexity index is 2260. The van der Waals surface area contributed by atoms with Crippen molar-refractivity contribution in [3.8, 4) is 44.8 Å². The van der Waals surface area contributed by atoms with Crippen LogP contribution in [-0.4, -0.2) is 9.97 Å². The minimum absolute atomic E-state index is 0.869. The van der Waals surface area contributed by atoms with Crippen LogP contribution < -0.4 is 4.90 Å². The second-order valence-corrected chi connectivity index (χ2v) is 11.5. The van der Waals surface area contributed by atoms with Gasteiger partial charge in [-0.3, -0.25) is 0 Å². The van der Waals surface area contributed by atoms with Crippen LogP contribution in [0, 0.1) is 0 Å². The van der Waals surface area contributed by atoms with E-state index in [1.807, 2.05) is 42.5 Å². The Morgan fingerprint density at radius 3 is 1.26 bits per heavy atom. The molecule has 0 aliphatic rings. The Balaban J connectivity index is 1.18. The van der Waals surface area contributed by atoms with Crippen LogP contribution in [0.3, 0.4) is 0 Å². The summed E-state index contributed by atoms with van der Waals surface area (Å²) in [4.78, 5) is 12.5. The summed E-state index contributed by atoms with van der Waals surface area (Å²) in [6.07, 6.45) is 0. The Morgan fingerprint density at radius 2 is 0.660 bits per heavy atom. The van der Waals surface area contributed by atoms with Crippen LogP contribution >= 0.6 is 0 Å². The summed E-state index contributed by atoms with van der Waals surface area (Å²) in [7, 11) is 0. The summed E-state index contributed by atoms with van der Waals surface area (Å²) in [6.45, 7) is 0.